The molecule has 2 atom stereocenters. The van der Waals surface area contributed by atoms with Crippen LogP contribution in [0.5, 0.6) is 0 Å². The fraction of sp³-hybridized carbons (Fsp3) is 0.308. The molecule has 1 aromatic rings. The van der Waals surface area contributed by atoms with Crippen LogP contribution in [0.1, 0.15) is 35.3 Å². The van der Waals surface area contributed by atoms with Crippen molar-refractivity contribution in [1.82, 2.24) is 4.90 Å². The molecule has 0 spiro atoms. The van der Waals surface area contributed by atoms with Gasteiger partial charge >= 0.3 is 12.1 Å². The number of carbonyl (C=O) groups is 3. The zero-order valence-electron chi connectivity index (χ0n) is 9.75. The lowest BCUT2D eigenvalue weighted by Gasteiger charge is -2.41. The normalized spacial score (nSPS) is 26.5. The van der Waals surface area contributed by atoms with E-state index in [4.69, 9.17) is 0 Å². The van der Waals surface area contributed by atoms with E-state index < -0.39 is 18.1 Å². The summed E-state index contributed by atoms with van der Waals surface area (Å²) in [6, 6.07) is 6.17. The lowest BCUT2D eigenvalue weighted by molar-refractivity contribution is -0.143. The van der Waals surface area contributed by atoms with E-state index in [1.54, 1.807) is 12.1 Å². The highest BCUT2D eigenvalue weighted by molar-refractivity contribution is 6.08. The monoisotopic (exact) mass is 245 g/mol. The standard InChI is InChI=1S/C13H11NO4/c1-7-8-4-2-3-5-9(8)12(16)10-6-11(15)18-13(17)14(7)10/h2-5,7,10H,6H2,1H3/t7-,10+/m0/s1. The number of ketones is 1. The van der Waals surface area contributed by atoms with Crippen LogP contribution in [0.15, 0.2) is 24.3 Å². The van der Waals surface area contributed by atoms with Crippen molar-refractivity contribution in [3.63, 3.8) is 0 Å². The molecule has 1 amide bonds. The Kier molecular flexibility index (Phi) is 2.23. The van der Waals surface area contributed by atoms with E-state index in [-0.39, 0.29) is 18.2 Å². The van der Waals surface area contributed by atoms with E-state index in [2.05, 4.69) is 4.74 Å². The van der Waals surface area contributed by atoms with Crippen molar-refractivity contribution in [2.75, 3.05) is 0 Å². The summed E-state index contributed by atoms with van der Waals surface area (Å²) in [7, 11) is 0. The van der Waals surface area contributed by atoms with Gasteiger partial charge in [0.1, 0.15) is 6.04 Å². The third-order valence-electron chi connectivity index (χ3n) is 3.50. The zero-order chi connectivity index (χ0) is 12.9. The van der Waals surface area contributed by atoms with Crippen LogP contribution in [-0.2, 0) is 9.53 Å². The summed E-state index contributed by atoms with van der Waals surface area (Å²) in [5.41, 5.74) is 1.39. The number of fused-ring (bicyclic) bond motifs is 2. The van der Waals surface area contributed by atoms with Crippen LogP contribution in [0, 0.1) is 0 Å². The fourth-order valence-electron chi connectivity index (χ4n) is 2.64. The van der Waals surface area contributed by atoms with Gasteiger partial charge in [-0.1, -0.05) is 24.3 Å². The molecule has 1 saturated heterocycles. The third kappa shape index (κ3) is 1.37. The number of ether oxygens (including phenoxy) is 1. The van der Waals surface area contributed by atoms with Crippen molar-refractivity contribution in [3.05, 3.63) is 35.4 Å². The summed E-state index contributed by atoms with van der Waals surface area (Å²) >= 11 is 0. The molecule has 1 aromatic carbocycles. The molecule has 2 aliphatic rings. The molecule has 0 bridgehead atoms. The summed E-state index contributed by atoms with van der Waals surface area (Å²) in [4.78, 5) is 36.6. The number of carbonyl (C=O) groups excluding carboxylic acids is 3. The van der Waals surface area contributed by atoms with E-state index in [9.17, 15) is 14.4 Å². The van der Waals surface area contributed by atoms with Crippen molar-refractivity contribution in [1.29, 1.82) is 0 Å². The van der Waals surface area contributed by atoms with E-state index in [0.717, 1.165) is 5.56 Å². The number of rotatable bonds is 0. The predicted octanol–water partition coefficient (Wildman–Crippen LogP) is 1.68. The quantitative estimate of drug-likeness (QED) is 0.515. The number of nitrogens with zero attached hydrogens (tertiary/aromatic N) is 1. The number of hydrogen-bond acceptors (Lipinski definition) is 4. The lowest BCUT2D eigenvalue weighted by Crippen LogP contribution is -2.55. The largest absolute Gasteiger partial charge is 0.418 e. The Hall–Kier alpha value is -2.17. The molecule has 1 fully saturated rings. The summed E-state index contributed by atoms with van der Waals surface area (Å²) in [6.45, 7) is 1.83. The first-order valence-electron chi connectivity index (χ1n) is 5.75. The first-order valence-corrected chi connectivity index (χ1v) is 5.75. The second-order valence-corrected chi connectivity index (χ2v) is 4.49. The number of esters is 1. The number of cyclic esters (lactones) is 2. The second-order valence-electron chi connectivity index (χ2n) is 4.49. The Morgan fingerprint density at radius 1 is 1.22 bits per heavy atom. The van der Waals surface area contributed by atoms with Crippen molar-refractivity contribution in [3.8, 4) is 0 Å². The minimum absolute atomic E-state index is 0.0662. The van der Waals surface area contributed by atoms with Gasteiger partial charge in [-0.05, 0) is 12.5 Å². The molecule has 2 aliphatic heterocycles. The number of hydrogen-bond donors (Lipinski definition) is 0. The summed E-state index contributed by atoms with van der Waals surface area (Å²) in [5.74, 6) is -0.824. The SMILES string of the molecule is C[C@H]1c2ccccc2C(=O)[C@H]2CC(=O)OC(=O)N21. The second kappa shape index (κ2) is 3.66. The highest BCUT2D eigenvalue weighted by atomic mass is 16.6. The Balaban J connectivity index is 2.13. The molecule has 0 radical (unpaired) electrons. The Bertz CT molecular complexity index is 566. The van der Waals surface area contributed by atoms with Crippen LogP contribution in [-0.4, -0.2) is 28.8 Å². The van der Waals surface area contributed by atoms with E-state index >= 15 is 0 Å². The van der Waals surface area contributed by atoms with E-state index in [1.807, 2.05) is 19.1 Å². The minimum atomic E-state index is -0.730. The fourth-order valence-corrected chi connectivity index (χ4v) is 2.64. The Morgan fingerprint density at radius 3 is 2.72 bits per heavy atom. The Morgan fingerprint density at radius 2 is 1.94 bits per heavy atom. The highest BCUT2D eigenvalue weighted by Crippen LogP contribution is 2.36. The number of amides is 1. The molecular weight excluding hydrogens is 234 g/mol. The predicted molar refractivity (Wildman–Crippen MR) is 60.9 cm³/mol. The molecule has 0 aromatic heterocycles. The molecule has 18 heavy (non-hydrogen) atoms. The number of Topliss-reactive ketones (excluding diaryl/α,β-unsaturated/α-hetero) is 1. The molecular formula is C13H11NO4. The molecule has 3 rings (SSSR count). The average Bonchev–Trinajstić information content (AvgIpc) is 2.35. The molecule has 0 aliphatic carbocycles. The zero-order valence-corrected chi connectivity index (χ0v) is 9.75. The van der Waals surface area contributed by atoms with Gasteiger partial charge in [0.2, 0.25) is 0 Å². The van der Waals surface area contributed by atoms with Gasteiger partial charge in [-0.2, -0.15) is 0 Å². The molecule has 92 valence electrons. The molecule has 0 N–H and O–H groups in total. The van der Waals surface area contributed by atoms with Crippen LogP contribution in [0.3, 0.4) is 0 Å². The maximum absolute atomic E-state index is 12.3. The average molecular weight is 245 g/mol. The highest BCUT2D eigenvalue weighted by Gasteiger charge is 2.46. The molecule has 5 heteroatoms. The molecule has 2 heterocycles. The first-order chi connectivity index (χ1) is 8.59. The van der Waals surface area contributed by atoms with Gasteiger partial charge in [0.25, 0.3) is 0 Å². The van der Waals surface area contributed by atoms with Crippen LogP contribution < -0.4 is 0 Å². The Labute approximate surface area is 103 Å². The van der Waals surface area contributed by atoms with Crippen molar-refractivity contribution in [2.24, 2.45) is 0 Å². The van der Waals surface area contributed by atoms with Gasteiger partial charge in [0.05, 0.1) is 12.5 Å². The van der Waals surface area contributed by atoms with E-state index in [1.165, 1.54) is 4.90 Å². The maximum Gasteiger partial charge on any atom is 0.418 e. The van der Waals surface area contributed by atoms with Crippen LogP contribution in [0.4, 0.5) is 4.79 Å². The smallest absolute Gasteiger partial charge is 0.376 e. The van der Waals surface area contributed by atoms with Crippen LogP contribution in [0.25, 0.3) is 0 Å². The van der Waals surface area contributed by atoms with E-state index in [0.29, 0.717) is 5.56 Å². The summed E-state index contributed by atoms with van der Waals surface area (Å²) in [5, 5.41) is 0. The van der Waals surface area contributed by atoms with Crippen molar-refractivity contribution >= 4 is 17.8 Å². The van der Waals surface area contributed by atoms with Gasteiger partial charge in [-0.25, -0.2) is 4.79 Å². The molecule has 0 unspecified atom stereocenters. The first kappa shape index (κ1) is 11.0. The van der Waals surface area contributed by atoms with Crippen molar-refractivity contribution < 1.29 is 19.1 Å². The molecule has 5 nitrogen and oxygen atoms in total. The third-order valence-corrected chi connectivity index (χ3v) is 3.50. The number of benzene rings is 1. The van der Waals surface area contributed by atoms with Crippen molar-refractivity contribution in [2.45, 2.75) is 25.4 Å². The van der Waals surface area contributed by atoms with Gasteiger partial charge in [-0.3, -0.25) is 14.5 Å². The molecule has 0 saturated carbocycles. The van der Waals surface area contributed by atoms with Crippen LogP contribution >= 0.6 is 0 Å². The topological polar surface area (TPSA) is 63.7 Å². The summed E-state index contributed by atoms with van der Waals surface area (Å²) in [6.07, 6.45) is -0.796. The van der Waals surface area contributed by atoms with Crippen LogP contribution in [0.2, 0.25) is 0 Å². The van der Waals surface area contributed by atoms with Gasteiger partial charge in [0.15, 0.2) is 5.78 Å². The lowest BCUT2D eigenvalue weighted by atomic mass is 9.86. The van der Waals surface area contributed by atoms with Gasteiger partial charge in [-0.15, -0.1) is 0 Å². The summed E-state index contributed by atoms with van der Waals surface area (Å²) < 4.78 is 4.59. The maximum atomic E-state index is 12.3. The van der Waals surface area contributed by atoms with Gasteiger partial charge in [0, 0.05) is 5.56 Å². The van der Waals surface area contributed by atoms with Gasteiger partial charge < -0.3 is 4.74 Å². The minimum Gasteiger partial charge on any atom is -0.376 e.